The summed E-state index contributed by atoms with van der Waals surface area (Å²) in [4.78, 5) is 17.3. The smallest absolute Gasteiger partial charge is 0.351 e. The van der Waals surface area contributed by atoms with Gasteiger partial charge in [0, 0.05) is 22.0 Å². The van der Waals surface area contributed by atoms with Gasteiger partial charge in [-0.05, 0) is 31.2 Å². The van der Waals surface area contributed by atoms with Gasteiger partial charge in [0.05, 0.1) is 29.8 Å². The van der Waals surface area contributed by atoms with E-state index in [2.05, 4.69) is 20.9 Å². The minimum Gasteiger partial charge on any atom is -0.491 e. The first-order valence-corrected chi connectivity index (χ1v) is 12.6. The molecule has 0 N–H and O–H groups in total. The van der Waals surface area contributed by atoms with Crippen LogP contribution in [0.25, 0.3) is 16.0 Å². The molecule has 0 saturated carbocycles. The molecule has 2 aromatic heterocycles. The van der Waals surface area contributed by atoms with E-state index in [0.717, 1.165) is 21.6 Å². The number of halogens is 3. The molecule has 0 aliphatic rings. The fourth-order valence-electron chi connectivity index (χ4n) is 3.32. The normalized spacial score (nSPS) is 12.0. The number of methoxy groups -OCH3 is 1. The fraction of sp³-hybridized carbons (Fsp3) is 0.217. The molecule has 2 heterocycles. The van der Waals surface area contributed by atoms with Crippen molar-refractivity contribution in [2.75, 3.05) is 19.0 Å². The van der Waals surface area contributed by atoms with Crippen molar-refractivity contribution in [1.29, 1.82) is 0 Å². The van der Waals surface area contributed by atoms with Crippen LogP contribution in [0.5, 0.6) is 11.5 Å². The maximum atomic E-state index is 12.5. The molecule has 2 aromatic carbocycles. The van der Waals surface area contributed by atoms with Crippen molar-refractivity contribution in [3.8, 4) is 16.5 Å². The predicted molar refractivity (Wildman–Crippen MR) is 135 cm³/mol. The van der Waals surface area contributed by atoms with Gasteiger partial charge < -0.3 is 14.2 Å². The summed E-state index contributed by atoms with van der Waals surface area (Å²) in [5, 5.41) is 2.52. The van der Waals surface area contributed by atoms with E-state index in [0.29, 0.717) is 38.4 Å². The highest BCUT2D eigenvalue weighted by molar-refractivity contribution is 9.09. The summed E-state index contributed by atoms with van der Waals surface area (Å²) in [6.07, 6.45) is 1.23. The van der Waals surface area contributed by atoms with Gasteiger partial charge in [-0.25, -0.2) is 9.78 Å². The zero-order valence-corrected chi connectivity index (χ0v) is 21.6. The molecule has 1 atom stereocenters. The van der Waals surface area contributed by atoms with Crippen LogP contribution in [-0.4, -0.2) is 34.6 Å². The second kappa shape index (κ2) is 10.3. The van der Waals surface area contributed by atoms with Crippen molar-refractivity contribution in [3.63, 3.8) is 0 Å². The van der Waals surface area contributed by atoms with Crippen LogP contribution in [0.3, 0.4) is 0 Å². The molecule has 4 rings (SSSR count). The van der Waals surface area contributed by atoms with Crippen LogP contribution in [0.1, 0.15) is 28.3 Å². The quantitative estimate of drug-likeness (QED) is 0.167. The number of thiophene rings is 1. The largest absolute Gasteiger partial charge is 0.491 e. The van der Waals surface area contributed by atoms with Crippen LogP contribution in [-0.2, 0) is 4.74 Å². The molecule has 1 unspecified atom stereocenters. The number of nitrogens with zero attached hydrogens (tertiary/aromatic N) is 2. The van der Waals surface area contributed by atoms with E-state index in [1.807, 2.05) is 29.7 Å². The van der Waals surface area contributed by atoms with Gasteiger partial charge in [0.15, 0.2) is 4.88 Å². The third kappa shape index (κ3) is 4.99. The molecule has 4 aromatic rings. The minimum atomic E-state index is -0.485. The Morgan fingerprint density at radius 2 is 2.03 bits per heavy atom. The number of hydrogen-bond acceptors (Lipinski definition) is 6. The van der Waals surface area contributed by atoms with Crippen molar-refractivity contribution in [2.24, 2.45) is 0 Å². The molecule has 0 aliphatic heterocycles. The summed E-state index contributed by atoms with van der Waals surface area (Å²) in [7, 11) is 1.34. The summed E-state index contributed by atoms with van der Waals surface area (Å²) in [5.41, 5.74) is 2.35. The summed E-state index contributed by atoms with van der Waals surface area (Å²) in [5.74, 6) is 0.487. The minimum absolute atomic E-state index is 0.345. The van der Waals surface area contributed by atoms with Gasteiger partial charge in [0.25, 0.3) is 0 Å². The number of aromatic nitrogens is 2. The van der Waals surface area contributed by atoms with Crippen LogP contribution in [0.4, 0.5) is 0 Å². The average molecular weight is 570 g/mol. The highest BCUT2D eigenvalue weighted by Gasteiger charge is 2.23. The van der Waals surface area contributed by atoms with E-state index >= 15 is 0 Å². The Balaban J connectivity index is 1.69. The summed E-state index contributed by atoms with van der Waals surface area (Å²) in [6, 6.07) is 12.8. The maximum absolute atomic E-state index is 12.5. The Morgan fingerprint density at radius 3 is 2.79 bits per heavy atom. The van der Waals surface area contributed by atoms with E-state index < -0.39 is 12.1 Å². The lowest BCUT2D eigenvalue weighted by atomic mass is 10.1. The third-order valence-corrected chi connectivity index (χ3v) is 6.93. The van der Waals surface area contributed by atoms with E-state index in [4.69, 9.17) is 37.4 Å². The molecular weight excluding hydrogens is 551 g/mol. The van der Waals surface area contributed by atoms with E-state index in [-0.39, 0.29) is 0 Å². The Bertz CT molecular complexity index is 1310. The zero-order chi connectivity index (χ0) is 23.5. The number of ether oxygens (including phenoxy) is 3. The van der Waals surface area contributed by atoms with Gasteiger partial charge in [-0.2, -0.15) is 0 Å². The maximum Gasteiger partial charge on any atom is 0.351 e. The van der Waals surface area contributed by atoms with Crippen LogP contribution in [0.15, 0.2) is 48.8 Å². The van der Waals surface area contributed by atoms with Crippen molar-refractivity contribution >= 4 is 67.5 Å². The number of carbonyl (C=O) groups excluding carboxylic acids is 1. The van der Waals surface area contributed by atoms with Crippen LogP contribution < -0.4 is 9.47 Å². The number of benzene rings is 2. The first-order chi connectivity index (χ1) is 15.9. The lowest BCUT2D eigenvalue weighted by molar-refractivity contribution is 0.0600. The molecular formula is C23H19BrCl2N2O4S. The van der Waals surface area contributed by atoms with Gasteiger partial charge in [0.2, 0.25) is 0 Å². The highest BCUT2D eigenvalue weighted by atomic mass is 79.9. The topological polar surface area (TPSA) is 62.6 Å². The Hall–Kier alpha value is -2.26. The summed E-state index contributed by atoms with van der Waals surface area (Å²) in [6.45, 7) is 2.35. The van der Waals surface area contributed by atoms with Crippen molar-refractivity contribution in [2.45, 2.75) is 13.0 Å². The Labute approximate surface area is 213 Å². The fourth-order valence-corrected chi connectivity index (χ4v) is 4.98. The lowest BCUT2D eigenvalue weighted by Gasteiger charge is -2.18. The molecule has 0 radical (unpaired) electrons. The number of fused-ring (bicyclic) bond motifs is 1. The van der Waals surface area contributed by atoms with Crippen LogP contribution >= 0.6 is 50.5 Å². The SMILES string of the molecule is COC(=O)c1sc(-n2cnc3cc(Cl)ccc32)cc1OC(C)c1cccc(OCCBr)c1Cl. The molecule has 0 bridgehead atoms. The Morgan fingerprint density at radius 1 is 1.21 bits per heavy atom. The predicted octanol–water partition coefficient (Wildman–Crippen LogP) is 7.09. The molecule has 0 spiro atoms. The molecule has 0 amide bonds. The Kier molecular flexibility index (Phi) is 7.48. The second-order valence-electron chi connectivity index (χ2n) is 6.97. The number of hydrogen-bond donors (Lipinski definition) is 0. The number of carbonyl (C=O) groups is 1. The second-order valence-corrected chi connectivity index (χ2v) is 9.61. The standard InChI is InChI=1S/C23H19BrCl2N2O4S/c1-13(15-4-3-5-18(21(15)26)31-9-8-24)32-19-11-20(33-22(19)23(29)30-2)28-12-27-16-10-14(25)6-7-17(16)28/h3-7,10-13H,8-9H2,1-2H3. The summed E-state index contributed by atoms with van der Waals surface area (Å²) >= 11 is 17.2. The van der Waals surface area contributed by atoms with Gasteiger partial charge >= 0.3 is 5.97 Å². The lowest BCUT2D eigenvalue weighted by Crippen LogP contribution is -2.08. The van der Waals surface area contributed by atoms with Gasteiger partial charge in [-0.15, -0.1) is 11.3 Å². The first-order valence-electron chi connectivity index (χ1n) is 9.92. The van der Waals surface area contributed by atoms with Crippen molar-refractivity contribution in [3.05, 3.63) is 69.3 Å². The molecule has 10 heteroatoms. The van der Waals surface area contributed by atoms with E-state index in [1.54, 1.807) is 30.6 Å². The number of alkyl halides is 1. The molecule has 0 aliphatic carbocycles. The van der Waals surface area contributed by atoms with Crippen LogP contribution in [0, 0.1) is 0 Å². The molecule has 0 fully saturated rings. The van der Waals surface area contributed by atoms with E-state index in [1.165, 1.54) is 18.4 Å². The zero-order valence-electron chi connectivity index (χ0n) is 17.7. The molecule has 6 nitrogen and oxygen atoms in total. The van der Waals surface area contributed by atoms with Gasteiger partial charge in [-0.1, -0.05) is 51.3 Å². The van der Waals surface area contributed by atoms with Crippen molar-refractivity contribution in [1.82, 2.24) is 9.55 Å². The van der Waals surface area contributed by atoms with E-state index in [9.17, 15) is 4.79 Å². The molecule has 172 valence electrons. The highest BCUT2D eigenvalue weighted by Crippen LogP contribution is 2.39. The monoisotopic (exact) mass is 568 g/mol. The van der Waals surface area contributed by atoms with Crippen molar-refractivity contribution < 1.29 is 19.0 Å². The number of imidazole rings is 1. The van der Waals surface area contributed by atoms with Crippen LogP contribution in [0.2, 0.25) is 10.0 Å². The third-order valence-electron chi connectivity index (χ3n) is 4.87. The average Bonchev–Trinajstić information content (AvgIpc) is 3.41. The van der Waals surface area contributed by atoms with Gasteiger partial charge in [-0.3, -0.25) is 4.57 Å². The summed E-state index contributed by atoms with van der Waals surface area (Å²) < 4.78 is 18.8. The first kappa shape index (κ1) is 23.9. The number of rotatable bonds is 8. The molecule has 33 heavy (non-hydrogen) atoms. The molecule has 0 saturated heterocycles. The number of esters is 1. The van der Waals surface area contributed by atoms with Gasteiger partial charge in [0.1, 0.15) is 28.9 Å².